The van der Waals surface area contributed by atoms with E-state index in [0.717, 1.165) is 0 Å². The Morgan fingerprint density at radius 1 is 1.62 bits per heavy atom. The third-order valence-electron chi connectivity index (χ3n) is 2.19. The summed E-state index contributed by atoms with van der Waals surface area (Å²) < 4.78 is 0. The van der Waals surface area contributed by atoms with Gasteiger partial charge < -0.3 is 10.6 Å². The number of imide groups is 1. The molecule has 6 nitrogen and oxygen atoms in total. The van der Waals surface area contributed by atoms with Crippen LogP contribution in [0.3, 0.4) is 0 Å². The number of hydrogen-bond acceptors (Lipinski definition) is 3. The lowest BCUT2D eigenvalue weighted by molar-refractivity contribution is -0.120. The largest absolute Gasteiger partial charge is 0.352 e. The fourth-order valence-corrected chi connectivity index (χ4v) is 1.36. The highest BCUT2D eigenvalue weighted by Crippen LogP contribution is 2.04. The van der Waals surface area contributed by atoms with Crippen LogP contribution in [0.15, 0.2) is 0 Å². The Bertz CT molecular complexity index is 306. The molecular formula is C9H14ClN3O3. The Balaban J connectivity index is 2.20. The van der Waals surface area contributed by atoms with Crippen LogP contribution in [0.1, 0.15) is 19.8 Å². The maximum absolute atomic E-state index is 11.2. The van der Waals surface area contributed by atoms with E-state index in [4.69, 9.17) is 11.6 Å². The van der Waals surface area contributed by atoms with Crippen molar-refractivity contribution in [3.05, 3.63) is 0 Å². The summed E-state index contributed by atoms with van der Waals surface area (Å²) >= 11 is 5.47. The fourth-order valence-electron chi connectivity index (χ4n) is 1.30. The number of rotatable bonds is 3. The number of carbonyl (C=O) groups excluding carboxylic acids is 3. The van der Waals surface area contributed by atoms with Gasteiger partial charge in [0, 0.05) is 19.0 Å². The van der Waals surface area contributed by atoms with E-state index in [9.17, 15) is 14.4 Å². The summed E-state index contributed by atoms with van der Waals surface area (Å²) in [6, 6.07) is -0.652. The van der Waals surface area contributed by atoms with E-state index in [1.54, 1.807) is 0 Å². The molecule has 1 saturated heterocycles. The molecule has 1 aliphatic rings. The van der Waals surface area contributed by atoms with E-state index >= 15 is 0 Å². The number of hydrogen-bond donors (Lipinski definition) is 3. The average molecular weight is 248 g/mol. The molecule has 0 spiro atoms. The smallest absolute Gasteiger partial charge is 0.321 e. The van der Waals surface area contributed by atoms with Gasteiger partial charge in [0.15, 0.2) is 0 Å². The van der Waals surface area contributed by atoms with Crippen molar-refractivity contribution >= 4 is 29.4 Å². The molecule has 16 heavy (non-hydrogen) atoms. The molecule has 0 aromatic rings. The summed E-state index contributed by atoms with van der Waals surface area (Å²) in [5.74, 6) is -0.563. The molecule has 2 atom stereocenters. The lowest BCUT2D eigenvalue weighted by atomic mass is 10.2. The standard InChI is InChI=1S/C9H14ClN3O3/c1-5(10)8(15)13-9(16)11-4-6-2-3-7(14)12-6/h5-6H,2-4H2,1H3,(H,12,14)(H2,11,13,15,16). The minimum Gasteiger partial charge on any atom is -0.352 e. The Labute approximate surface area is 98.1 Å². The van der Waals surface area contributed by atoms with Crippen LogP contribution in [-0.4, -0.2) is 35.8 Å². The second-order valence-electron chi connectivity index (χ2n) is 3.62. The van der Waals surface area contributed by atoms with Gasteiger partial charge in [-0.3, -0.25) is 14.9 Å². The van der Waals surface area contributed by atoms with Gasteiger partial charge in [0.2, 0.25) is 11.8 Å². The summed E-state index contributed by atoms with van der Waals surface area (Å²) in [6.45, 7) is 1.78. The van der Waals surface area contributed by atoms with Crippen LogP contribution in [0.25, 0.3) is 0 Å². The summed E-state index contributed by atoms with van der Waals surface area (Å²) in [7, 11) is 0. The molecule has 0 aliphatic carbocycles. The molecule has 0 radical (unpaired) electrons. The molecule has 7 heteroatoms. The summed E-state index contributed by atoms with van der Waals surface area (Å²) in [6.07, 6.45) is 1.17. The highest BCUT2D eigenvalue weighted by atomic mass is 35.5. The van der Waals surface area contributed by atoms with Crippen molar-refractivity contribution in [2.24, 2.45) is 0 Å². The molecule has 1 rings (SSSR count). The predicted octanol–water partition coefficient (Wildman–Crippen LogP) is -0.282. The van der Waals surface area contributed by atoms with Crippen molar-refractivity contribution in [2.45, 2.75) is 31.2 Å². The van der Waals surface area contributed by atoms with E-state index in [-0.39, 0.29) is 11.9 Å². The van der Waals surface area contributed by atoms with Crippen molar-refractivity contribution in [1.82, 2.24) is 16.0 Å². The summed E-state index contributed by atoms with van der Waals surface area (Å²) in [4.78, 5) is 33.1. The second kappa shape index (κ2) is 5.69. The Morgan fingerprint density at radius 2 is 2.31 bits per heavy atom. The molecule has 1 heterocycles. The van der Waals surface area contributed by atoms with Crippen molar-refractivity contribution in [3.63, 3.8) is 0 Å². The van der Waals surface area contributed by atoms with Gasteiger partial charge in [0.05, 0.1) is 0 Å². The van der Waals surface area contributed by atoms with Gasteiger partial charge in [-0.05, 0) is 13.3 Å². The molecular weight excluding hydrogens is 234 g/mol. The van der Waals surface area contributed by atoms with Crippen molar-refractivity contribution in [2.75, 3.05) is 6.54 Å². The minimum atomic E-state index is -0.753. The molecule has 1 fully saturated rings. The first kappa shape index (κ1) is 12.8. The molecule has 0 aromatic carbocycles. The van der Waals surface area contributed by atoms with Gasteiger partial charge in [-0.2, -0.15) is 0 Å². The molecule has 0 saturated carbocycles. The highest BCUT2D eigenvalue weighted by molar-refractivity contribution is 6.31. The lowest BCUT2D eigenvalue weighted by Gasteiger charge is -2.11. The van der Waals surface area contributed by atoms with Gasteiger partial charge in [-0.1, -0.05) is 0 Å². The Kier molecular flexibility index (Phi) is 4.54. The zero-order chi connectivity index (χ0) is 12.1. The van der Waals surface area contributed by atoms with Gasteiger partial charge in [-0.25, -0.2) is 4.79 Å². The van der Waals surface area contributed by atoms with Crippen LogP contribution in [-0.2, 0) is 9.59 Å². The Hall–Kier alpha value is -1.30. The van der Waals surface area contributed by atoms with Crippen molar-refractivity contribution in [3.8, 4) is 0 Å². The molecule has 4 amide bonds. The number of nitrogens with one attached hydrogen (secondary N) is 3. The van der Waals surface area contributed by atoms with E-state index < -0.39 is 17.3 Å². The molecule has 3 N–H and O–H groups in total. The predicted molar refractivity (Wildman–Crippen MR) is 58.0 cm³/mol. The van der Waals surface area contributed by atoms with Crippen LogP contribution in [0.4, 0.5) is 4.79 Å². The quantitative estimate of drug-likeness (QED) is 0.600. The normalized spacial score (nSPS) is 21.1. The van der Waals surface area contributed by atoms with Crippen LogP contribution in [0, 0.1) is 0 Å². The van der Waals surface area contributed by atoms with Crippen molar-refractivity contribution < 1.29 is 14.4 Å². The molecule has 0 aromatic heterocycles. The zero-order valence-electron chi connectivity index (χ0n) is 8.88. The molecule has 1 aliphatic heterocycles. The number of halogens is 1. The maximum atomic E-state index is 11.2. The molecule has 90 valence electrons. The average Bonchev–Trinajstić information content (AvgIpc) is 2.61. The van der Waals surface area contributed by atoms with Gasteiger partial charge in [0.1, 0.15) is 5.38 Å². The van der Waals surface area contributed by atoms with Crippen LogP contribution in [0.5, 0.6) is 0 Å². The van der Waals surface area contributed by atoms with Crippen molar-refractivity contribution in [1.29, 1.82) is 0 Å². The van der Waals surface area contributed by atoms with Crippen LogP contribution < -0.4 is 16.0 Å². The maximum Gasteiger partial charge on any atom is 0.321 e. The molecule has 0 bridgehead atoms. The molecule has 2 unspecified atom stereocenters. The monoisotopic (exact) mass is 247 g/mol. The first-order chi connectivity index (χ1) is 7.49. The first-order valence-corrected chi connectivity index (χ1v) is 5.45. The Morgan fingerprint density at radius 3 is 2.81 bits per heavy atom. The summed E-state index contributed by atoms with van der Waals surface area (Å²) in [5.41, 5.74) is 0. The summed E-state index contributed by atoms with van der Waals surface area (Å²) in [5, 5.41) is 6.51. The van der Waals surface area contributed by atoms with Crippen LogP contribution in [0.2, 0.25) is 0 Å². The van der Waals surface area contributed by atoms with Gasteiger partial charge >= 0.3 is 6.03 Å². The van der Waals surface area contributed by atoms with Crippen LogP contribution >= 0.6 is 11.6 Å². The van der Waals surface area contributed by atoms with Gasteiger partial charge in [-0.15, -0.1) is 11.6 Å². The van der Waals surface area contributed by atoms with E-state index in [2.05, 4.69) is 16.0 Å². The third kappa shape index (κ3) is 4.06. The SMILES string of the molecule is CC(Cl)C(=O)NC(=O)NCC1CCC(=O)N1. The number of carbonyl (C=O) groups is 3. The fraction of sp³-hybridized carbons (Fsp3) is 0.667. The third-order valence-corrected chi connectivity index (χ3v) is 2.39. The highest BCUT2D eigenvalue weighted by Gasteiger charge is 2.21. The van der Waals surface area contributed by atoms with E-state index in [0.29, 0.717) is 19.4 Å². The topological polar surface area (TPSA) is 87.3 Å². The van der Waals surface area contributed by atoms with Gasteiger partial charge in [0.25, 0.3) is 0 Å². The minimum absolute atomic E-state index is 0.0161. The first-order valence-electron chi connectivity index (χ1n) is 5.01. The zero-order valence-corrected chi connectivity index (χ0v) is 9.63. The number of alkyl halides is 1. The second-order valence-corrected chi connectivity index (χ2v) is 4.27. The number of amides is 4. The number of urea groups is 1. The van der Waals surface area contributed by atoms with E-state index in [1.165, 1.54) is 6.92 Å². The lowest BCUT2D eigenvalue weighted by Crippen LogP contribution is -2.46. The van der Waals surface area contributed by atoms with E-state index in [1.807, 2.05) is 0 Å².